The monoisotopic (exact) mass is 459 g/mol. The number of benzene rings is 1. The van der Waals surface area contributed by atoms with Crippen LogP contribution in [0.3, 0.4) is 0 Å². The quantitative estimate of drug-likeness (QED) is 0.665. The van der Waals surface area contributed by atoms with Crippen molar-refractivity contribution in [2.24, 2.45) is 11.8 Å². The largest absolute Gasteiger partial charge is 0.442 e. The summed E-state index contributed by atoms with van der Waals surface area (Å²) in [6.07, 6.45) is 1.68. The second kappa shape index (κ2) is 8.54. The van der Waals surface area contributed by atoms with Gasteiger partial charge in [0.2, 0.25) is 5.91 Å². The molecule has 0 aromatic heterocycles. The van der Waals surface area contributed by atoms with E-state index >= 15 is 4.39 Å². The van der Waals surface area contributed by atoms with Gasteiger partial charge in [-0.25, -0.2) is 9.18 Å². The fourth-order valence-corrected chi connectivity index (χ4v) is 4.98. The summed E-state index contributed by atoms with van der Waals surface area (Å²) in [6.45, 7) is 4.43. The molecule has 3 amide bonds. The number of ether oxygens (including phenoxy) is 1. The van der Waals surface area contributed by atoms with Crippen molar-refractivity contribution in [3.05, 3.63) is 36.3 Å². The zero-order chi connectivity index (χ0) is 23.1. The molecule has 11 heteroatoms. The molecule has 4 aliphatic rings. The molecule has 176 valence electrons. The molecule has 3 fully saturated rings. The molecule has 1 aromatic rings. The number of anilines is 2. The predicted molar refractivity (Wildman–Crippen MR) is 116 cm³/mol. The Balaban J connectivity index is 1.20. The molecule has 4 heterocycles. The van der Waals surface area contributed by atoms with Crippen LogP contribution in [0, 0.1) is 17.7 Å². The highest BCUT2D eigenvalue weighted by molar-refractivity contribution is 5.90. The van der Waals surface area contributed by atoms with Gasteiger partial charge in [0.1, 0.15) is 11.9 Å². The number of nitrogens with one attached hydrogen (secondary N) is 2. The molecule has 0 bridgehead atoms. The molecule has 0 radical (unpaired) electrons. The van der Waals surface area contributed by atoms with E-state index in [0.717, 1.165) is 0 Å². The topological polar surface area (TPSA) is 103 Å². The van der Waals surface area contributed by atoms with Crippen LogP contribution in [0.4, 0.5) is 20.6 Å². The van der Waals surface area contributed by atoms with Gasteiger partial charge in [-0.05, 0) is 24.3 Å². The van der Waals surface area contributed by atoms with Crippen molar-refractivity contribution in [1.29, 1.82) is 0 Å². The Morgan fingerprint density at radius 2 is 1.94 bits per heavy atom. The molecule has 0 saturated carbocycles. The van der Waals surface area contributed by atoms with Crippen molar-refractivity contribution < 1.29 is 28.3 Å². The molecule has 5 rings (SSSR count). The molecule has 10 nitrogen and oxygen atoms in total. The van der Waals surface area contributed by atoms with Crippen molar-refractivity contribution in [1.82, 2.24) is 15.7 Å². The van der Waals surface area contributed by atoms with E-state index in [2.05, 4.69) is 10.8 Å². The molecule has 0 aliphatic carbocycles. The van der Waals surface area contributed by atoms with Crippen LogP contribution in [0.5, 0.6) is 0 Å². The SMILES string of the molecule is CC(=O)NCC1CN(c2ccc(N3C[C@H]4CN(C(=O)[C@@H]5C=CNO5)C[C@H]4C3)c(F)c2)C(=O)O1. The minimum Gasteiger partial charge on any atom is -0.442 e. The molecular formula is C22H26FN5O5. The van der Waals surface area contributed by atoms with E-state index in [1.807, 2.05) is 9.80 Å². The normalized spacial score (nSPS) is 28.2. The van der Waals surface area contributed by atoms with Gasteiger partial charge in [-0.15, -0.1) is 0 Å². The summed E-state index contributed by atoms with van der Waals surface area (Å²) < 4.78 is 20.3. The molecule has 4 atom stereocenters. The first-order chi connectivity index (χ1) is 15.9. The average Bonchev–Trinajstić information content (AvgIpc) is 3.55. The zero-order valence-corrected chi connectivity index (χ0v) is 18.2. The summed E-state index contributed by atoms with van der Waals surface area (Å²) in [5.41, 5.74) is 3.48. The minimum absolute atomic E-state index is 0.0537. The van der Waals surface area contributed by atoms with Crippen molar-refractivity contribution >= 4 is 29.3 Å². The molecule has 2 N–H and O–H groups in total. The summed E-state index contributed by atoms with van der Waals surface area (Å²) in [4.78, 5) is 46.2. The highest BCUT2D eigenvalue weighted by atomic mass is 19.1. The number of hydrogen-bond donors (Lipinski definition) is 2. The number of hydrogen-bond acceptors (Lipinski definition) is 7. The number of hydroxylamine groups is 1. The summed E-state index contributed by atoms with van der Waals surface area (Å²) in [5, 5.41) is 2.62. The summed E-state index contributed by atoms with van der Waals surface area (Å²) in [7, 11) is 0. The van der Waals surface area contributed by atoms with E-state index in [1.54, 1.807) is 24.4 Å². The first kappa shape index (κ1) is 21.5. The van der Waals surface area contributed by atoms with Gasteiger partial charge in [0.25, 0.3) is 5.91 Å². The van der Waals surface area contributed by atoms with Crippen LogP contribution in [-0.4, -0.2) is 74.3 Å². The number of likely N-dealkylation sites (tertiary alicyclic amines) is 1. The fraction of sp³-hybridized carbons (Fsp3) is 0.500. The zero-order valence-electron chi connectivity index (χ0n) is 18.2. The molecule has 0 spiro atoms. The van der Waals surface area contributed by atoms with Gasteiger partial charge in [0.05, 0.1) is 24.5 Å². The Bertz CT molecular complexity index is 989. The summed E-state index contributed by atoms with van der Waals surface area (Å²) in [6, 6.07) is 4.74. The van der Waals surface area contributed by atoms with Crippen molar-refractivity contribution in [3.8, 4) is 0 Å². The number of halogens is 1. The van der Waals surface area contributed by atoms with Crippen LogP contribution < -0.4 is 20.6 Å². The van der Waals surface area contributed by atoms with Gasteiger partial charge in [-0.1, -0.05) is 0 Å². The van der Waals surface area contributed by atoms with Crippen molar-refractivity contribution in [3.63, 3.8) is 0 Å². The van der Waals surface area contributed by atoms with Gasteiger partial charge < -0.3 is 19.9 Å². The number of carbonyl (C=O) groups excluding carboxylic acids is 3. The third-order valence-corrected chi connectivity index (χ3v) is 6.61. The third-order valence-electron chi connectivity index (χ3n) is 6.61. The standard InChI is InChI=1S/C22H26FN5O5/c1-13(29)24-7-17-12-28(22(31)32-17)16-2-3-19(18(23)6-16)26-8-14-10-27(11-15(14)9-26)21(30)20-4-5-25-33-20/h2-6,14-15,17,20,25H,7-12H2,1H3,(H,24,29)/t14-,15+,17?,20-/m0/s1. The van der Waals surface area contributed by atoms with Gasteiger partial charge in [-0.2, -0.15) is 0 Å². The Morgan fingerprint density at radius 1 is 1.18 bits per heavy atom. The Labute approximate surface area is 190 Å². The Hall–Kier alpha value is -3.34. The van der Waals surface area contributed by atoms with Crippen LogP contribution in [0.2, 0.25) is 0 Å². The molecule has 33 heavy (non-hydrogen) atoms. The van der Waals surface area contributed by atoms with E-state index < -0.39 is 24.1 Å². The minimum atomic E-state index is -0.583. The van der Waals surface area contributed by atoms with Crippen LogP contribution in [0.25, 0.3) is 0 Å². The van der Waals surface area contributed by atoms with Crippen LogP contribution in [-0.2, 0) is 19.2 Å². The maximum Gasteiger partial charge on any atom is 0.414 e. The maximum atomic E-state index is 15.0. The van der Waals surface area contributed by atoms with Gasteiger partial charge in [0.15, 0.2) is 6.10 Å². The van der Waals surface area contributed by atoms with E-state index in [1.165, 1.54) is 17.9 Å². The number of fused-ring (bicyclic) bond motifs is 1. The number of rotatable bonds is 5. The fourth-order valence-electron chi connectivity index (χ4n) is 4.98. The van der Waals surface area contributed by atoms with E-state index in [0.29, 0.717) is 37.6 Å². The van der Waals surface area contributed by atoms with Gasteiger partial charge in [-0.3, -0.25) is 24.8 Å². The number of nitrogens with zero attached hydrogens (tertiary/aromatic N) is 3. The average molecular weight is 459 g/mol. The molecule has 4 aliphatic heterocycles. The molecule has 1 aromatic carbocycles. The number of carbonyl (C=O) groups is 3. The molecular weight excluding hydrogens is 433 g/mol. The van der Waals surface area contributed by atoms with Crippen LogP contribution in [0.1, 0.15) is 6.92 Å². The van der Waals surface area contributed by atoms with Crippen LogP contribution in [0.15, 0.2) is 30.5 Å². The van der Waals surface area contributed by atoms with Crippen molar-refractivity contribution in [2.75, 3.05) is 49.1 Å². The van der Waals surface area contributed by atoms with E-state index in [4.69, 9.17) is 9.57 Å². The van der Waals surface area contributed by atoms with Crippen molar-refractivity contribution in [2.45, 2.75) is 19.1 Å². The van der Waals surface area contributed by atoms with Gasteiger partial charge in [0, 0.05) is 51.1 Å². The Kier molecular flexibility index (Phi) is 5.57. The smallest absolute Gasteiger partial charge is 0.414 e. The van der Waals surface area contributed by atoms with Gasteiger partial charge >= 0.3 is 6.09 Å². The second-order valence-electron chi connectivity index (χ2n) is 8.87. The van der Waals surface area contributed by atoms with E-state index in [9.17, 15) is 14.4 Å². The molecule has 3 saturated heterocycles. The molecule has 1 unspecified atom stereocenters. The number of amides is 3. The summed E-state index contributed by atoms with van der Waals surface area (Å²) in [5.74, 6) is -0.122. The summed E-state index contributed by atoms with van der Waals surface area (Å²) >= 11 is 0. The third kappa shape index (κ3) is 4.20. The maximum absolute atomic E-state index is 15.0. The van der Waals surface area contributed by atoms with E-state index in [-0.39, 0.29) is 36.7 Å². The lowest BCUT2D eigenvalue weighted by molar-refractivity contribution is -0.141. The lowest BCUT2D eigenvalue weighted by Gasteiger charge is -2.25. The highest BCUT2D eigenvalue weighted by Gasteiger charge is 2.43. The Morgan fingerprint density at radius 3 is 2.58 bits per heavy atom. The highest BCUT2D eigenvalue weighted by Crippen LogP contribution is 2.36. The second-order valence-corrected chi connectivity index (χ2v) is 8.87. The predicted octanol–water partition coefficient (Wildman–Crippen LogP) is 0.599. The van der Waals surface area contributed by atoms with Crippen LogP contribution >= 0.6 is 0 Å². The first-order valence-electron chi connectivity index (χ1n) is 11.0. The number of cyclic esters (lactones) is 1. The first-order valence-corrected chi connectivity index (χ1v) is 11.0. The lowest BCUT2D eigenvalue weighted by atomic mass is 10.0. The lowest BCUT2D eigenvalue weighted by Crippen LogP contribution is -2.40.